The van der Waals surface area contributed by atoms with Crippen LogP contribution in [-0.4, -0.2) is 25.0 Å². The van der Waals surface area contributed by atoms with Crippen LogP contribution in [0.1, 0.15) is 16.8 Å². The van der Waals surface area contributed by atoms with E-state index < -0.39 is 18.5 Å². The first kappa shape index (κ1) is 14.8. The second-order valence-corrected chi connectivity index (χ2v) is 3.98. The van der Waals surface area contributed by atoms with Gasteiger partial charge in [0.15, 0.2) is 6.61 Å². The van der Waals surface area contributed by atoms with Crippen LogP contribution in [0.4, 0.5) is 5.69 Å². The number of hydrogen-bond donors (Lipinski definition) is 2. The van der Waals surface area contributed by atoms with E-state index in [1.165, 1.54) is 12.1 Å². The predicted molar refractivity (Wildman–Crippen MR) is 69.4 cm³/mol. The number of benzene rings is 1. The zero-order valence-corrected chi connectivity index (χ0v) is 10.7. The number of nitrogens with zero attached hydrogens (tertiary/aromatic N) is 1. The second kappa shape index (κ2) is 7.24. The molecule has 0 saturated carbocycles. The molecule has 7 heteroatoms. The molecule has 1 aromatic carbocycles. The van der Waals surface area contributed by atoms with E-state index >= 15 is 0 Å². The Labute approximate surface area is 115 Å². The fourth-order valence-electron chi connectivity index (χ4n) is 1.22. The van der Waals surface area contributed by atoms with Gasteiger partial charge in [0.25, 0.3) is 5.91 Å². The molecule has 3 N–H and O–H groups in total. The summed E-state index contributed by atoms with van der Waals surface area (Å²) < 4.78 is 4.78. The summed E-state index contributed by atoms with van der Waals surface area (Å²) in [5.74, 6) is -1.21. The van der Waals surface area contributed by atoms with E-state index in [1.807, 2.05) is 6.07 Å². The minimum atomic E-state index is -0.729. The van der Waals surface area contributed by atoms with Crippen molar-refractivity contribution in [3.05, 3.63) is 28.8 Å². The van der Waals surface area contributed by atoms with E-state index in [0.717, 1.165) is 0 Å². The van der Waals surface area contributed by atoms with Crippen molar-refractivity contribution in [2.75, 3.05) is 18.9 Å². The van der Waals surface area contributed by atoms with Crippen LogP contribution in [-0.2, 0) is 9.53 Å². The third-order valence-electron chi connectivity index (χ3n) is 2.10. The Balaban J connectivity index is 2.49. The molecule has 6 nitrogen and oxygen atoms in total. The van der Waals surface area contributed by atoms with Crippen molar-refractivity contribution in [3.8, 4) is 6.07 Å². The Morgan fingerprint density at radius 1 is 1.47 bits per heavy atom. The first-order valence-corrected chi connectivity index (χ1v) is 5.78. The summed E-state index contributed by atoms with van der Waals surface area (Å²) in [5, 5.41) is 10.9. The lowest BCUT2D eigenvalue weighted by atomic mass is 10.2. The normalized spacial score (nSPS) is 9.47. The molecule has 0 unspecified atom stereocenters. The molecule has 0 saturated heterocycles. The van der Waals surface area contributed by atoms with Crippen molar-refractivity contribution in [1.29, 1.82) is 5.26 Å². The first-order chi connectivity index (χ1) is 9.04. The van der Waals surface area contributed by atoms with Crippen molar-refractivity contribution < 1.29 is 14.3 Å². The van der Waals surface area contributed by atoms with E-state index in [1.54, 1.807) is 6.07 Å². The number of anilines is 1. The molecule has 19 heavy (non-hydrogen) atoms. The van der Waals surface area contributed by atoms with E-state index in [4.69, 9.17) is 27.3 Å². The van der Waals surface area contributed by atoms with Crippen LogP contribution in [0.15, 0.2) is 18.2 Å². The minimum Gasteiger partial charge on any atom is -0.452 e. The molecule has 0 aromatic heterocycles. The van der Waals surface area contributed by atoms with E-state index in [0.29, 0.717) is 5.69 Å². The van der Waals surface area contributed by atoms with Crippen molar-refractivity contribution in [1.82, 2.24) is 5.32 Å². The van der Waals surface area contributed by atoms with Gasteiger partial charge in [-0.25, -0.2) is 4.79 Å². The number of nitriles is 1. The first-order valence-electron chi connectivity index (χ1n) is 5.40. The Morgan fingerprint density at radius 2 is 2.21 bits per heavy atom. The Hall–Kier alpha value is -2.26. The molecule has 0 aliphatic carbocycles. The lowest BCUT2D eigenvalue weighted by molar-refractivity contribution is -0.124. The van der Waals surface area contributed by atoms with Gasteiger partial charge in [0.1, 0.15) is 0 Å². The van der Waals surface area contributed by atoms with E-state index in [9.17, 15) is 9.59 Å². The molecular weight excluding hydrogens is 270 g/mol. The number of carbonyl (C=O) groups is 2. The predicted octanol–water partition coefficient (Wildman–Crippen LogP) is 1.11. The van der Waals surface area contributed by atoms with Gasteiger partial charge in [-0.2, -0.15) is 5.26 Å². The topological polar surface area (TPSA) is 105 Å². The number of rotatable bonds is 5. The average molecular weight is 282 g/mol. The summed E-state index contributed by atoms with van der Waals surface area (Å²) in [5.41, 5.74) is 6.00. The fourth-order valence-corrected chi connectivity index (χ4v) is 1.41. The largest absolute Gasteiger partial charge is 0.452 e. The molecule has 1 amide bonds. The van der Waals surface area contributed by atoms with Gasteiger partial charge < -0.3 is 15.8 Å². The smallest absolute Gasteiger partial charge is 0.340 e. The molecule has 1 rings (SSSR count). The molecule has 0 aliphatic rings. The van der Waals surface area contributed by atoms with Crippen molar-refractivity contribution in [2.45, 2.75) is 6.42 Å². The summed E-state index contributed by atoms with van der Waals surface area (Å²) in [6.45, 7) is -0.221. The maximum Gasteiger partial charge on any atom is 0.340 e. The van der Waals surface area contributed by atoms with Crippen LogP contribution in [0.2, 0.25) is 5.02 Å². The standard InChI is InChI=1S/C12H12ClN3O3/c13-10-3-2-8(15)6-9(10)12(18)19-7-11(17)16-5-1-4-14/h2-3,6H,1,5,7,15H2,(H,16,17). The summed E-state index contributed by atoms with van der Waals surface area (Å²) in [7, 11) is 0. The molecule has 0 bridgehead atoms. The van der Waals surface area contributed by atoms with E-state index in [-0.39, 0.29) is 23.6 Å². The zero-order chi connectivity index (χ0) is 14.3. The SMILES string of the molecule is N#CCCNC(=O)COC(=O)c1cc(N)ccc1Cl. The number of ether oxygens (including phenoxy) is 1. The number of nitrogen functional groups attached to an aromatic ring is 1. The number of halogens is 1. The van der Waals surface area contributed by atoms with Gasteiger partial charge >= 0.3 is 5.97 Å². The van der Waals surface area contributed by atoms with Crippen LogP contribution in [0.5, 0.6) is 0 Å². The van der Waals surface area contributed by atoms with Gasteiger partial charge in [0, 0.05) is 12.2 Å². The third kappa shape index (κ3) is 4.85. The number of amides is 1. The molecular formula is C12H12ClN3O3. The zero-order valence-electron chi connectivity index (χ0n) is 9.98. The molecule has 100 valence electrons. The fraction of sp³-hybridized carbons (Fsp3) is 0.250. The Kier molecular flexibility index (Phi) is 5.64. The van der Waals surface area contributed by atoms with Crippen LogP contribution in [0.3, 0.4) is 0 Å². The Bertz CT molecular complexity index is 525. The summed E-state index contributed by atoms with van der Waals surface area (Å²) in [4.78, 5) is 22.9. The number of esters is 1. The monoisotopic (exact) mass is 281 g/mol. The number of nitrogens with one attached hydrogen (secondary N) is 1. The van der Waals surface area contributed by atoms with Crippen molar-refractivity contribution in [3.63, 3.8) is 0 Å². The summed E-state index contributed by atoms with van der Waals surface area (Å²) >= 11 is 5.82. The maximum absolute atomic E-state index is 11.7. The van der Waals surface area contributed by atoms with Gasteiger partial charge in [-0.3, -0.25) is 4.79 Å². The summed E-state index contributed by atoms with van der Waals surface area (Å²) in [6, 6.07) is 6.27. The number of nitrogens with two attached hydrogens (primary N) is 1. The van der Waals surface area contributed by atoms with Gasteiger partial charge in [0.05, 0.1) is 23.1 Å². The molecule has 1 aromatic rings. The van der Waals surface area contributed by atoms with Crippen LogP contribution in [0.25, 0.3) is 0 Å². The van der Waals surface area contributed by atoms with Crippen LogP contribution >= 0.6 is 11.6 Å². The van der Waals surface area contributed by atoms with Crippen molar-refractivity contribution >= 4 is 29.2 Å². The maximum atomic E-state index is 11.7. The molecule has 0 fully saturated rings. The second-order valence-electron chi connectivity index (χ2n) is 3.57. The van der Waals surface area contributed by atoms with Crippen molar-refractivity contribution in [2.24, 2.45) is 0 Å². The molecule has 0 aliphatic heterocycles. The van der Waals surface area contributed by atoms with E-state index in [2.05, 4.69) is 5.32 Å². The highest BCUT2D eigenvalue weighted by Gasteiger charge is 2.13. The summed E-state index contributed by atoms with van der Waals surface area (Å²) in [6.07, 6.45) is 0.195. The number of hydrogen-bond acceptors (Lipinski definition) is 5. The average Bonchev–Trinajstić information content (AvgIpc) is 2.39. The highest BCUT2D eigenvalue weighted by molar-refractivity contribution is 6.33. The lowest BCUT2D eigenvalue weighted by Crippen LogP contribution is -2.29. The molecule has 0 heterocycles. The number of carbonyl (C=O) groups excluding carboxylic acids is 2. The molecule has 0 atom stereocenters. The van der Waals surface area contributed by atoms with Crippen LogP contribution in [0, 0.1) is 11.3 Å². The van der Waals surface area contributed by atoms with Gasteiger partial charge in [-0.05, 0) is 18.2 Å². The Morgan fingerprint density at radius 3 is 2.89 bits per heavy atom. The lowest BCUT2D eigenvalue weighted by Gasteiger charge is -2.07. The minimum absolute atomic E-state index is 0.103. The third-order valence-corrected chi connectivity index (χ3v) is 2.43. The van der Waals surface area contributed by atoms with Gasteiger partial charge in [-0.15, -0.1) is 0 Å². The van der Waals surface area contributed by atoms with Gasteiger partial charge in [0.2, 0.25) is 0 Å². The quantitative estimate of drug-likeness (QED) is 0.478. The van der Waals surface area contributed by atoms with Crippen LogP contribution < -0.4 is 11.1 Å². The molecule has 0 spiro atoms. The highest BCUT2D eigenvalue weighted by Crippen LogP contribution is 2.19. The highest BCUT2D eigenvalue weighted by atomic mass is 35.5. The van der Waals surface area contributed by atoms with Gasteiger partial charge in [-0.1, -0.05) is 11.6 Å². The molecule has 0 radical (unpaired) electrons.